The summed E-state index contributed by atoms with van der Waals surface area (Å²) in [6.45, 7) is 5.20. The molecule has 0 radical (unpaired) electrons. The van der Waals surface area contributed by atoms with Gasteiger partial charge in [-0.3, -0.25) is 4.79 Å². The van der Waals surface area contributed by atoms with E-state index in [0.717, 1.165) is 30.6 Å². The van der Waals surface area contributed by atoms with Crippen molar-refractivity contribution >= 4 is 11.7 Å². The summed E-state index contributed by atoms with van der Waals surface area (Å²) >= 11 is 0. The molecule has 0 bridgehead atoms. The smallest absolute Gasteiger partial charge is 0.225 e. The minimum Gasteiger partial charge on any atom is -0.354 e. The highest BCUT2D eigenvalue weighted by molar-refractivity contribution is 5.83. The molecule has 2 aliphatic rings. The molecule has 1 amide bonds. The van der Waals surface area contributed by atoms with E-state index in [1.807, 2.05) is 13.8 Å². The number of carbonyl (C=O) groups excluding carboxylic acids is 1. The Morgan fingerprint density at radius 3 is 2.95 bits per heavy atom. The number of aromatic nitrogens is 2. The molecular formula is C14H17N5O. The number of amides is 1. The molecule has 104 valence electrons. The van der Waals surface area contributed by atoms with Crippen LogP contribution in [0.1, 0.15) is 29.7 Å². The summed E-state index contributed by atoms with van der Waals surface area (Å²) in [6, 6.07) is 2.34. The Hall–Kier alpha value is -2.16. The third-order valence-electron chi connectivity index (χ3n) is 4.42. The summed E-state index contributed by atoms with van der Waals surface area (Å²) in [5.41, 5.74) is 2.23. The number of hydrogen-bond acceptors (Lipinski definition) is 5. The topological polar surface area (TPSA) is 81.9 Å². The first-order valence-corrected chi connectivity index (χ1v) is 6.92. The van der Waals surface area contributed by atoms with E-state index in [1.54, 1.807) is 0 Å². The van der Waals surface area contributed by atoms with E-state index in [9.17, 15) is 10.1 Å². The Morgan fingerprint density at radius 1 is 1.40 bits per heavy atom. The molecule has 3 heterocycles. The summed E-state index contributed by atoms with van der Waals surface area (Å²) in [5.74, 6) is 0.760. The van der Waals surface area contributed by atoms with Gasteiger partial charge in [0, 0.05) is 13.1 Å². The first-order chi connectivity index (χ1) is 9.63. The van der Waals surface area contributed by atoms with Crippen molar-refractivity contribution in [1.82, 2.24) is 15.5 Å². The Kier molecular flexibility index (Phi) is 3.05. The molecule has 0 aromatic carbocycles. The molecule has 20 heavy (non-hydrogen) atoms. The van der Waals surface area contributed by atoms with Crippen LogP contribution in [0.3, 0.4) is 0 Å². The highest BCUT2D eigenvalue weighted by Gasteiger charge is 2.42. The average molecular weight is 271 g/mol. The molecule has 2 atom stereocenters. The third kappa shape index (κ3) is 1.82. The second-order valence-corrected chi connectivity index (χ2v) is 5.48. The van der Waals surface area contributed by atoms with Gasteiger partial charge in [0.2, 0.25) is 5.91 Å². The number of hydrogen-bond donors (Lipinski definition) is 1. The fourth-order valence-corrected chi connectivity index (χ4v) is 3.15. The molecule has 6 nitrogen and oxygen atoms in total. The number of piperidine rings is 1. The number of nitrogens with one attached hydrogen (secondary N) is 1. The molecule has 2 saturated heterocycles. The van der Waals surface area contributed by atoms with E-state index in [4.69, 9.17) is 0 Å². The van der Waals surface area contributed by atoms with E-state index in [2.05, 4.69) is 26.5 Å². The van der Waals surface area contributed by atoms with Gasteiger partial charge >= 0.3 is 0 Å². The van der Waals surface area contributed by atoms with Gasteiger partial charge in [0.05, 0.1) is 17.7 Å². The fraction of sp³-hybridized carbons (Fsp3) is 0.571. The lowest BCUT2D eigenvalue weighted by atomic mass is 9.91. The van der Waals surface area contributed by atoms with Crippen LogP contribution in [0.15, 0.2) is 0 Å². The zero-order valence-corrected chi connectivity index (χ0v) is 11.7. The Labute approximate surface area is 117 Å². The van der Waals surface area contributed by atoms with Gasteiger partial charge in [-0.1, -0.05) is 0 Å². The van der Waals surface area contributed by atoms with Crippen molar-refractivity contribution in [2.75, 3.05) is 18.0 Å². The summed E-state index contributed by atoms with van der Waals surface area (Å²) < 4.78 is 0. The molecule has 1 N–H and O–H groups in total. The van der Waals surface area contributed by atoms with Gasteiger partial charge < -0.3 is 10.2 Å². The molecule has 1 aromatic rings. The molecule has 2 unspecified atom stereocenters. The maximum atomic E-state index is 11.8. The third-order valence-corrected chi connectivity index (χ3v) is 4.42. The highest BCUT2D eigenvalue weighted by Crippen LogP contribution is 2.32. The predicted molar refractivity (Wildman–Crippen MR) is 73.1 cm³/mol. The van der Waals surface area contributed by atoms with Crippen LogP contribution in [0.2, 0.25) is 0 Å². The average Bonchev–Trinajstić information content (AvgIpc) is 2.84. The first-order valence-electron chi connectivity index (χ1n) is 6.92. The quantitative estimate of drug-likeness (QED) is 0.812. The van der Waals surface area contributed by atoms with Crippen LogP contribution in [0, 0.1) is 31.1 Å². The highest BCUT2D eigenvalue weighted by atomic mass is 16.2. The second kappa shape index (κ2) is 4.75. The molecule has 2 fully saturated rings. The molecule has 2 aliphatic heterocycles. The maximum absolute atomic E-state index is 11.8. The summed E-state index contributed by atoms with van der Waals surface area (Å²) in [6.07, 6.45) is 1.85. The van der Waals surface area contributed by atoms with Crippen molar-refractivity contribution in [2.45, 2.75) is 32.7 Å². The summed E-state index contributed by atoms with van der Waals surface area (Å²) in [4.78, 5) is 13.9. The van der Waals surface area contributed by atoms with Gasteiger partial charge in [-0.2, -0.15) is 10.4 Å². The van der Waals surface area contributed by atoms with Crippen molar-refractivity contribution < 1.29 is 4.79 Å². The van der Waals surface area contributed by atoms with Gasteiger partial charge in [-0.15, -0.1) is 5.10 Å². The van der Waals surface area contributed by atoms with Gasteiger partial charge in [-0.25, -0.2) is 0 Å². The summed E-state index contributed by atoms with van der Waals surface area (Å²) in [7, 11) is 0. The van der Waals surface area contributed by atoms with Crippen LogP contribution in [-0.2, 0) is 4.79 Å². The number of aryl methyl sites for hydroxylation is 1. The molecule has 0 spiro atoms. The lowest BCUT2D eigenvalue weighted by Crippen LogP contribution is -2.46. The van der Waals surface area contributed by atoms with Crippen molar-refractivity contribution in [3.63, 3.8) is 0 Å². The van der Waals surface area contributed by atoms with Crippen molar-refractivity contribution in [3.05, 3.63) is 16.8 Å². The predicted octanol–water partition coefficient (Wildman–Crippen LogP) is 0.680. The monoisotopic (exact) mass is 271 g/mol. The largest absolute Gasteiger partial charge is 0.354 e. The van der Waals surface area contributed by atoms with Gasteiger partial charge in [0.1, 0.15) is 11.6 Å². The van der Waals surface area contributed by atoms with Crippen molar-refractivity contribution in [1.29, 1.82) is 5.26 Å². The summed E-state index contributed by atoms with van der Waals surface area (Å²) in [5, 5.41) is 20.7. The first kappa shape index (κ1) is 12.9. The maximum Gasteiger partial charge on any atom is 0.225 e. The number of rotatable bonds is 1. The van der Waals surface area contributed by atoms with E-state index in [1.165, 1.54) is 0 Å². The lowest BCUT2D eigenvalue weighted by Gasteiger charge is -2.37. The van der Waals surface area contributed by atoms with E-state index < -0.39 is 0 Å². The van der Waals surface area contributed by atoms with Gasteiger partial charge in [0.25, 0.3) is 0 Å². The van der Waals surface area contributed by atoms with Gasteiger partial charge in [0.15, 0.2) is 5.82 Å². The normalized spacial score (nSPS) is 25.1. The van der Waals surface area contributed by atoms with Crippen molar-refractivity contribution in [2.24, 2.45) is 5.92 Å². The van der Waals surface area contributed by atoms with Crippen LogP contribution < -0.4 is 10.2 Å². The van der Waals surface area contributed by atoms with E-state index in [0.29, 0.717) is 17.9 Å². The Balaban J connectivity index is 2.03. The minimum atomic E-state index is 0.0127. The zero-order chi connectivity index (χ0) is 14.3. The van der Waals surface area contributed by atoms with E-state index in [-0.39, 0.29) is 17.9 Å². The number of carbonyl (C=O) groups is 1. The molecular weight excluding hydrogens is 254 g/mol. The fourth-order valence-electron chi connectivity index (χ4n) is 3.15. The van der Waals surface area contributed by atoms with E-state index >= 15 is 0 Å². The molecule has 1 aromatic heterocycles. The second-order valence-electron chi connectivity index (χ2n) is 5.48. The molecule has 0 saturated carbocycles. The van der Waals surface area contributed by atoms with Crippen LogP contribution in [-0.4, -0.2) is 35.2 Å². The number of fused-ring (bicyclic) bond motifs is 1. The van der Waals surface area contributed by atoms with Crippen LogP contribution in [0.25, 0.3) is 0 Å². The van der Waals surface area contributed by atoms with Gasteiger partial charge in [-0.05, 0) is 32.3 Å². The van der Waals surface area contributed by atoms with Crippen LogP contribution in [0.5, 0.6) is 0 Å². The number of nitrogens with zero attached hydrogens (tertiary/aromatic N) is 4. The zero-order valence-electron chi connectivity index (χ0n) is 11.7. The van der Waals surface area contributed by atoms with Crippen LogP contribution >= 0.6 is 0 Å². The van der Waals surface area contributed by atoms with Crippen molar-refractivity contribution in [3.8, 4) is 6.07 Å². The molecule has 6 heteroatoms. The SMILES string of the molecule is Cc1nnc(N2CCCC3C(=O)NCC32)c(C#N)c1C. The lowest BCUT2D eigenvalue weighted by molar-refractivity contribution is -0.123. The minimum absolute atomic E-state index is 0.0127. The number of anilines is 1. The Morgan fingerprint density at radius 2 is 2.20 bits per heavy atom. The number of nitriles is 1. The molecule has 3 rings (SSSR count). The van der Waals surface area contributed by atoms with Crippen LogP contribution in [0.4, 0.5) is 5.82 Å². The Bertz CT molecular complexity index is 606. The standard InChI is InChI=1S/C14H17N5O/c1-8-9(2)17-18-13(11(8)6-15)19-5-3-4-10-12(19)7-16-14(10)20/h10,12H,3-5,7H2,1-2H3,(H,16,20). The molecule has 0 aliphatic carbocycles.